The number of nitriles is 1. The number of nitrogens with two attached hydrogens (primary N) is 1. The summed E-state index contributed by atoms with van der Waals surface area (Å²) in [7, 11) is 0. The predicted molar refractivity (Wildman–Crippen MR) is 80.5 cm³/mol. The van der Waals surface area contributed by atoms with E-state index in [4.69, 9.17) is 22.6 Å². The SMILES string of the molecule is N#CCN(Cc1ccccc1)C(=O)c1cc(Cl)ncc1N. The number of hydrogen-bond donors (Lipinski definition) is 1. The van der Waals surface area contributed by atoms with Crippen LogP contribution in [-0.2, 0) is 6.54 Å². The predicted octanol–water partition coefficient (Wildman–Crippen LogP) is 2.48. The average Bonchev–Trinajstić information content (AvgIpc) is 2.49. The lowest BCUT2D eigenvalue weighted by molar-refractivity contribution is 0.0766. The van der Waals surface area contributed by atoms with Crippen LogP contribution in [0, 0.1) is 11.3 Å². The number of carbonyl (C=O) groups excluding carboxylic acids is 1. The van der Waals surface area contributed by atoms with Gasteiger partial charge in [0, 0.05) is 6.54 Å². The molecular formula is C15H13ClN4O. The lowest BCUT2D eigenvalue weighted by Gasteiger charge is -2.20. The molecule has 1 amide bonds. The minimum atomic E-state index is -0.345. The largest absolute Gasteiger partial charge is 0.397 e. The van der Waals surface area contributed by atoms with E-state index in [9.17, 15) is 4.79 Å². The average molecular weight is 301 g/mol. The van der Waals surface area contributed by atoms with Gasteiger partial charge < -0.3 is 10.6 Å². The highest BCUT2D eigenvalue weighted by Crippen LogP contribution is 2.18. The van der Waals surface area contributed by atoms with Gasteiger partial charge in [0.25, 0.3) is 5.91 Å². The first-order valence-corrected chi connectivity index (χ1v) is 6.61. The molecule has 21 heavy (non-hydrogen) atoms. The van der Waals surface area contributed by atoms with Crippen molar-refractivity contribution in [2.24, 2.45) is 0 Å². The molecule has 0 aliphatic heterocycles. The zero-order chi connectivity index (χ0) is 15.2. The summed E-state index contributed by atoms with van der Waals surface area (Å²) in [5.41, 5.74) is 7.18. The van der Waals surface area contributed by atoms with Crippen molar-refractivity contribution in [2.45, 2.75) is 6.54 Å². The first kappa shape index (κ1) is 14.8. The molecule has 1 aromatic carbocycles. The van der Waals surface area contributed by atoms with Gasteiger partial charge in [-0.3, -0.25) is 4.79 Å². The van der Waals surface area contributed by atoms with E-state index in [0.717, 1.165) is 5.56 Å². The fraction of sp³-hybridized carbons (Fsp3) is 0.133. The number of anilines is 1. The maximum absolute atomic E-state index is 12.5. The van der Waals surface area contributed by atoms with Crippen LogP contribution < -0.4 is 5.73 Å². The number of benzene rings is 1. The monoisotopic (exact) mass is 300 g/mol. The van der Waals surface area contributed by atoms with E-state index in [1.54, 1.807) is 0 Å². The molecule has 2 rings (SSSR count). The smallest absolute Gasteiger partial charge is 0.257 e. The summed E-state index contributed by atoms with van der Waals surface area (Å²) >= 11 is 5.80. The Hall–Kier alpha value is -2.58. The first-order chi connectivity index (χ1) is 10.1. The fourth-order valence-electron chi connectivity index (χ4n) is 1.88. The molecule has 2 aromatic rings. The Kier molecular flexibility index (Phi) is 4.75. The maximum Gasteiger partial charge on any atom is 0.257 e. The highest BCUT2D eigenvalue weighted by molar-refractivity contribution is 6.29. The minimum Gasteiger partial charge on any atom is -0.397 e. The fourth-order valence-corrected chi connectivity index (χ4v) is 2.04. The van der Waals surface area contributed by atoms with Gasteiger partial charge in [-0.2, -0.15) is 5.26 Å². The van der Waals surface area contributed by atoms with Crippen molar-refractivity contribution in [3.05, 3.63) is 58.9 Å². The van der Waals surface area contributed by atoms with Gasteiger partial charge in [0.05, 0.1) is 23.5 Å². The van der Waals surface area contributed by atoms with Crippen LogP contribution in [0.5, 0.6) is 0 Å². The van der Waals surface area contributed by atoms with Crippen LogP contribution in [0.1, 0.15) is 15.9 Å². The molecule has 0 fully saturated rings. The Morgan fingerprint density at radius 1 is 1.38 bits per heavy atom. The normalized spacial score (nSPS) is 9.90. The quantitative estimate of drug-likeness (QED) is 0.694. The zero-order valence-corrected chi connectivity index (χ0v) is 11.9. The van der Waals surface area contributed by atoms with Gasteiger partial charge in [-0.05, 0) is 11.6 Å². The van der Waals surface area contributed by atoms with Crippen molar-refractivity contribution < 1.29 is 4.79 Å². The van der Waals surface area contributed by atoms with Crippen molar-refractivity contribution in [3.63, 3.8) is 0 Å². The Morgan fingerprint density at radius 2 is 2.10 bits per heavy atom. The van der Waals surface area contributed by atoms with E-state index in [1.807, 2.05) is 36.4 Å². The molecule has 1 heterocycles. The Labute approximate surface area is 127 Å². The second kappa shape index (κ2) is 6.73. The number of nitrogen functional groups attached to an aromatic ring is 1. The van der Waals surface area contributed by atoms with Gasteiger partial charge in [0.2, 0.25) is 0 Å². The lowest BCUT2D eigenvalue weighted by Crippen LogP contribution is -2.31. The Balaban J connectivity index is 2.27. The van der Waals surface area contributed by atoms with E-state index in [1.165, 1.54) is 17.2 Å². The Bertz CT molecular complexity index is 682. The molecule has 1 aromatic heterocycles. The molecular weight excluding hydrogens is 288 g/mol. The van der Waals surface area contributed by atoms with Gasteiger partial charge in [0.1, 0.15) is 11.7 Å². The van der Waals surface area contributed by atoms with Crippen molar-refractivity contribution in [1.29, 1.82) is 5.26 Å². The number of halogens is 1. The van der Waals surface area contributed by atoms with E-state index in [0.29, 0.717) is 6.54 Å². The summed E-state index contributed by atoms with van der Waals surface area (Å²) in [4.78, 5) is 17.8. The highest BCUT2D eigenvalue weighted by Gasteiger charge is 2.19. The molecule has 6 heteroatoms. The van der Waals surface area contributed by atoms with Gasteiger partial charge in [-0.1, -0.05) is 41.9 Å². The number of pyridine rings is 1. The summed E-state index contributed by atoms with van der Waals surface area (Å²) in [6.45, 7) is 0.291. The first-order valence-electron chi connectivity index (χ1n) is 6.23. The van der Waals surface area contributed by atoms with E-state index in [-0.39, 0.29) is 28.9 Å². The summed E-state index contributed by atoms with van der Waals surface area (Å²) in [5, 5.41) is 9.11. The molecule has 0 saturated carbocycles. The van der Waals surface area contributed by atoms with Crippen LogP contribution in [0.25, 0.3) is 0 Å². The van der Waals surface area contributed by atoms with E-state index >= 15 is 0 Å². The number of carbonyl (C=O) groups is 1. The van der Waals surface area contributed by atoms with Crippen LogP contribution >= 0.6 is 11.6 Å². The lowest BCUT2D eigenvalue weighted by atomic mass is 10.1. The van der Waals surface area contributed by atoms with Crippen LogP contribution in [0.4, 0.5) is 5.69 Å². The number of amides is 1. The van der Waals surface area contributed by atoms with E-state index in [2.05, 4.69) is 4.98 Å². The molecule has 2 N–H and O–H groups in total. The van der Waals surface area contributed by atoms with E-state index < -0.39 is 0 Å². The van der Waals surface area contributed by atoms with Gasteiger partial charge in [-0.25, -0.2) is 4.98 Å². The summed E-state index contributed by atoms with van der Waals surface area (Å²) in [6, 6.07) is 12.8. The summed E-state index contributed by atoms with van der Waals surface area (Å²) in [6.07, 6.45) is 1.34. The third kappa shape index (κ3) is 3.71. The molecule has 106 valence electrons. The third-order valence-electron chi connectivity index (χ3n) is 2.90. The molecule has 0 bridgehead atoms. The molecule has 5 nitrogen and oxygen atoms in total. The van der Waals surface area contributed by atoms with Crippen molar-refractivity contribution in [3.8, 4) is 6.07 Å². The van der Waals surface area contributed by atoms with Crippen molar-refractivity contribution in [1.82, 2.24) is 9.88 Å². The zero-order valence-electron chi connectivity index (χ0n) is 11.2. The van der Waals surface area contributed by atoms with Crippen LogP contribution in [0.3, 0.4) is 0 Å². The third-order valence-corrected chi connectivity index (χ3v) is 3.10. The van der Waals surface area contributed by atoms with Crippen molar-refractivity contribution in [2.75, 3.05) is 12.3 Å². The second-order valence-corrected chi connectivity index (χ2v) is 4.79. The highest BCUT2D eigenvalue weighted by atomic mass is 35.5. The number of nitrogens with zero attached hydrogens (tertiary/aromatic N) is 3. The molecule has 0 atom stereocenters. The van der Waals surface area contributed by atoms with Gasteiger partial charge in [0.15, 0.2) is 0 Å². The molecule has 0 radical (unpaired) electrons. The molecule has 0 aliphatic carbocycles. The van der Waals surface area contributed by atoms with Crippen LogP contribution in [0.15, 0.2) is 42.6 Å². The molecule has 0 saturated heterocycles. The van der Waals surface area contributed by atoms with Crippen molar-refractivity contribution >= 4 is 23.2 Å². The number of aromatic nitrogens is 1. The standard InChI is InChI=1S/C15H13ClN4O/c16-14-8-12(13(18)9-19-14)15(21)20(7-6-17)10-11-4-2-1-3-5-11/h1-5,8-9H,7,10,18H2. The topological polar surface area (TPSA) is 83.0 Å². The van der Waals surface area contributed by atoms with Crippen LogP contribution in [0.2, 0.25) is 5.15 Å². The minimum absolute atomic E-state index is 0.0346. The molecule has 0 spiro atoms. The Morgan fingerprint density at radius 3 is 2.76 bits per heavy atom. The van der Waals surface area contributed by atoms with Crippen LogP contribution in [-0.4, -0.2) is 22.3 Å². The molecule has 0 unspecified atom stereocenters. The number of rotatable bonds is 4. The summed E-state index contributed by atoms with van der Waals surface area (Å²) in [5.74, 6) is -0.345. The van der Waals surface area contributed by atoms with Gasteiger partial charge >= 0.3 is 0 Å². The number of hydrogen-bond acceptors (Lipinski definition) is 4. The maximum atomic E-state index is 12.5. The van der Waals surface area contributed by atoms with Gasteiger partial charge in [-0.15, -0.1) is 0 Å². The second-order valence-electron chi connectivity index (χ2n) is 4.40. The summed E-state index contributed by atoms with van der Waals surface area (Å²) < 4.78 is 0. The molecule has 0 aliphatic rings.